The predicted molar refractivity (Wildman–Crippen MR) is 73.9 cm³/mol. The van der Waals surface area contributed by atoms with Crippen molar-refractivity contribution < 1.29 is 14.3 Å². The summed E-state index contributed by atoms with van der Waals surface area (Å²) in [7, 11) is 1.63. The van der Waals surface area contributed by atoms with E-state index in [4.69, 9.17) is 9.47 Å². The minimum atomic E-state index is 0.425. The van der Waals surface area contributed by atoms with Crippen LogP contribution in [0, 0.1) is 6.92 Å². The van der Waals surface area contributed by atoms with Gasteiger partial charge in [-0.15, -0.1) is 0 Å². The fraction of sp³-hybridized carbons (Fsp3) is 0.188. The number of hydrogen-bond acceptors (Lipinski definition) is 3. The molecular weight excluding hydrogens is 240 g/mol. The van der Waals surface area contributed by atoms with Crippen molar-refractivity contribution in [1.82, 2.24) is 0 Å². The van der Waals surface area contributed by atoms with Crippen LogP contribution >= 0.6 is 0 Å². The lowest BCUT2D eigenvalue weighted by Gasteiger charge is -2.09. The third-order valence-electron chi connectivity index (χ3n) is 2.85. The van der Waals surface area contributed by atoms with E-state index in [1.54, 1.807) is 13.2 Å². The molecule has 0 saturated carbocycles. The van der Waals surface area contributed by atoms with E-state index in [2.05, 4.69) is 0 Å². The number of carbonyl (C=O) groups excluding carboxylic acids is 1. The van der Waals surface area contributed by atoms with Crippen LogP contribution in [0.1, 0.15) is 21.5 Å². The maximum atomic E-state index is 10.9. The number of carbonyl (C=O) groups is 1. The average molecular weight is 256 g/mol. The third-order valence-corrected chi connectivity index (χ3v) is 2.85. The first-order valence-corrected chi connectivity index (χ1v) is 6.04. The molecule has 0 aliphatic carbocycles. The van der Waals surface area contributed by atoms with E-state index in [1.807, 2.05) is 43.3 Å². The zero-order valence-corrected chi connectivity index (χ0v) is 11.1. The second kappa shape index (κ2) is 6.05. The Hall–Kier alpha value is -2.29. The molecule has 0 saturated heterocycles. The van der Waals surface area contributed by atoms with Crippen LogP contribution in [0.5, 0.6) is 11.5 Å². The SMILES string of the molecule is COc1ccc(COc2cc(C)ccc2C=O)cc1. The molecule has 2 aromatic rings. The third kappa shape index (κ3) is 3.35. The standard InChI is InChI=1S/C16H16O3/c1-12-3-6-14(10-17)16(9-12)19-11-13-4-7-15(18-2)8-5-13/h3-10H,11H2,1-2H3. The number of aldehydes is 1. The molecule has 0 unspecified atom stereocenters. The fourth-order valence-electron chi connectivity index (χ4n) is 1.75. The van der Waals surface area contributed by atoms with Gasteiger partial charge in [-0.25, -0.2) is 0 Å². The van der Waals surface area contributed by atoms with Gasteiger partial charge in [0.2, 0.25) is 0 Å². The summed E-state index contributed by atoms with van der Waals surface area (Å²) in [5.74, 6) is 1.43. The van der Waals surface area contributed by atoms with Gasteiger partial charge in [0.25, 0.3) is 0 Å². The Bertz CT molecular complexity index is 559. The van der Waals surface area contributed by atoms with Crippen molar-refractivity contribution in [3.05, 3.63) is 59.2 Å². The van der Waals surface area contributed by atoms with Crippen molar-refractivity contribution in [2.75, 3.05) is 7.11 Å². The molecule has 0 fully saturated rings. The molecule has 0 aliphatic heterocycles. The monoisotopic (exact) mass is 256 g/mol. The van der Waals surface area contributed by atoms with E-state index in [0.717, 1.165) is 23.2 Å². The molecular formula is C16H16O3. The Balaban J connectivity index is 2.09. The Kier molecular flexibility index (Phi) is 4.18. The van der Waals surface area contributed by atoms with Crippen LogP contribution in [0.15, 0.2) is 42.5 Å². The molecule has 0 amide bonds. The summed E-state index contributed by atoms with van der Waals surface area (Å²) in [6.07, 6.45) is 0.808. The smallest absolute Gasteiger partial charge is 0.153 e. The Morgan fingerprint density at radius 2 is 1.84 bits per heavy atom. The van der Waals surface area contributed by atoms with Crippen molar-refractivity contribution in [1.29, 1.82) is 0 Å². The Labute approximate surface area is 112 Å². The summed E-state index contributed by atoms with van der Waals surface area (Å²) in [5, 5.41) is 0. The molecule has 0 atom stereocenters. The summed E-state index contributed by atoms with van der Waals surface area (Å²) in [4.78, 5) is 10.9. The first kappa shape index (κ1) is 13.1. The number of benzene rings is 2. The van der Waals surface area contributed by atoms with Crippen LogP contribution in [0.3, 0.4) is 0 Å². The van der Waals surface area contributed by atoms with Crippen LogP contribution < -0.4 is 9.47 Å². The summed E-state index contributed by atoms with van der Waals surface area (Å²) >= 11 is 0. The zero-order chi connectivity index (χ0) is 13.7. The van der Waals surface area contributed by atoms with Crippen LogP contribution in [-0.4, -0.2) is 13.4 Å². The predicted octanol–water partition coefficient (Wildman–Crippen LogP) is 3.40. The number of hydrogen-bond donors (Lipinski definition) is 0. The van der Waals surface area contributed by atoms with Gasteiger partial charge in [0.15, 0.2) is 6.29 Å². The fourth-order valence-corrected chi connectivity index (χ4v) is 1.75. The zero-order valence-electron chi connectivity index (χ0n) is 11.1. The van der Waals surface area contributed by atoms with Gasteiger partial charge in [0.1, 0.15) is 18.1 Å². The van der Waals surface area contributed by atoms with E-state index in [1.165, 1.54) is 0 Å². The first-order valence-electron chi connectivity index (χ1n) is 6.04. The number of methoxy groups -OCH3 is 1. The molecule has 0 radical (unpaired) electrons. The van der Waals surface area contributed by atoms with Crippen molar-refractivity contribution in [3.8, 4) is 11.5 Å². The highest BCUT2D eigenvalue weighted by atomic mass is 16.5. The highest BCUT2D eigenvalue weighted by Crippen LogP contribution is 2.20. The maximum absolute atomic E-state index is 10.9. The lowest BCUT2D eigenvalue weighted by Crippen LogP contribution is -1.98. The molecule has 0 N–H and O–H groups in total. The minimum absolute atomic E-state index is 0.425. The van der Waals surface area contributed by atoms with Gasteiger partial charge in [-0.1, -0.05) is 18.2 Å². The minimum Gasteiger partial charge on any atom is -0.497 e. The van der Waals surface area contributed by atoms with Gasteiger partial charge < -0.3 is 9.47 Å². The highest BCUT2D eigenvalue weighted by Gasteiger charge is 2.04. The van der Waals surface area contributed by atoms with Gasteiger partial charge in [-0.3, -0.25) is 4.79 Å². The van der Waals surface area contributed by atoms with Crippen molar-refractivity contribution in [2.45, 2.75) is 13.5 Å². The average Bonchev–Trinajstić information content (AvgIpc) is 2.46. The van der Waals surface area contributed by atoms with Crippen LogP contribution in [-0.2, 0) is 6.61 Å². The largest absolute Gasteiger partial charge is 0.497 e. The number of ether oxygens (including phenoxy) is 2. The summed E-state index contributed by atoms with van der Waals surface area (Å²) in [5.41, 5.74) is 2.66. The first-order chi connectivity index (χ1) is 9.22. The van der Waals surface area contributed by atoms with Gasteiger partial charge in [-0.05, 0) is 42.3 Å². The van der Waals surface area contributed by atoms with Crippen molar-refractivity contribution in [2.24, 2.45) is 0 Å². The molecule has 0 bridgehead atoms. The maximum Gasteiger partial charge on any atom is 0.153 e. The second-order valence-corrected chi connectivity index (χ2v) is 4.30. The normalized spacial score (nSPS) is 10.0. The summed E-state index contributed by atoms with van der Waals surface area (Å²) in [6, 6.07) is 13.2. The number of rotatable bonds is 5. The summed E-state index contributed by atoms with van der Waals surface area (Å²) in [6.45, 7) is 2.39. The van der Waals surface area contributed by atoms with Crippen molar-refractivity contribution >= 4 is 6.29 Å². The second-order valence-electron chi connectivity index (χ2n) is 4.30. The molecule has 0 spiro atoms. The molecule has 0 aliphatic rings. The summed E-state index contributed by atoms with van der Waals surface area (Å²) < 4.78 is 10.8. The van der Waals surface area contributed by atoms with Crippen LogP contribution in [0.2, 0.25) is 0 Å². The molecule has 2 aromatic carbocycles. The van der Waals surface area contributed by atoms with Gasteiger partial charge >= 0.3 is 0 Å². The van der Waals surface area contributed by atoms with E-state index >= 15 is 0 Å². The molecule has 3 nitrogen and oxygen atoms in total. The van der Waals surface area contributed by atoms with E-state index in [-0.39, 0.29) is 0 Å². The van der Waals surface area contributed by atoms with E-state index in [0.29, 0.717) is 17.9 Å². The topological polar surface area (TPSA) is 35.5 Å². The lowest BCUT2D eigenvalue weighted by atomic mass is 10.1. The number of aryl methyl sites for hydroxylation is 1. The molecule has 0 heterocycles. The molecule has 3 heteroatoms. The van der Waals surface area contributed by atoms with Crippen molar-refractivity contribution in [3.63, 3.8) is 0 Å². The molecule has 19 heavy (non-hydrogen) atoms. The molecule has 98 valence electrons. The van der Waals surface area contributed by atoms with E-state index < -0.39 is 0 Å². The molecule has 2 rings (SSSR count). The van der Waals surface area contributed by atoms with Gasteiger partial charge in [-0.2, -0.15) is 0 Å². The quantitative estimate of drug-likeness (QED) is 0.769. The Morgan fingerprint density at radius 1 is 1.11 bits per heavy atom. The highest BCUT2D eigenvalue weighted by molar-refractivity contribution is 5.79. The lowest BCUT2D eigenvalue weighted by molar-refractivity contribution is 0.111. The Morgan fingerprint density at radius 3 is 2.47 bits per heavy atom. The van der Waals surface area contributed by atoms with Gasteiger partial charge in [0, 0.05) is 0 Å². The molecule has 0 aromatic heterocycles. The van der Waals surface area contributed by atoms with Crippen LogP contribution in [0.4, 0.5) is 0 Å². The van der Waals surface area contributed by atoms with Crippen LogP contribution in [0.25, 0.3) is 0 Å². The van der Waals surface area contributed by atoms with Gasteiger partial charge in [0.05, 0.1) is 12.7 Å². The van der Waals surface area contributed by atoms with E-state index in [9.17, 15) is 4.79 Å².